The first-order chi connectivity index (χ1) is 20.4. The molecule has 1 aliphatic carbocycles. The van der Waals surface area contributed by atoms with Gasteiger partial charge in [-0.2, -0.15) is 0 Å². The Morgan fingerprint density at radius 3 is 2.62 bits per heavy atom. The molecule has 1 fully saturated rings. The number of carbonyl (C=O) groups excluding carboxylic acids is 3. The number of aryl methyl sites for hydroxylation is 1. The number of nitrogens with zero attached hydrogens (tertiary/aromatic N) is 1. The zero-order chi connectivity index (χ0) is 29.7. The Bertz CT molecular complexity index is 1200. The van der Waals surface area contributed by atoms with Crippen LogP contribution in [0.5, 0.6) is 0 Å². The first kappa shape index (κ1) is 32.4. The van der Waals surface area contributed by atoms with E-state index in [0.717, 1.165) is 56.0 Å². The van der Waals surface area contributed by atoms with Gasteiger partial charge in [-0.1, -0.05) is 80.1 Å². The number of fused-ring (bicyclic) bond motifs is 1. The smallest absolute Gasteiger partial charge is 0.417 e. The summed E-state index contributed by atoms with van der Waals surface area (Å²) in [6.45, 7) is 1.38. The summed E-state index contributed by atoms with van der Waals surface area (Å²) in [5, 5.41) is 10.1. The quantitative estimate of drug-likeness (QED) is 0.209. The fourth-order valence-electron chi connectivity index (χ4n) is 5.62. The number of ether oxygens (including phenoxy) is 1. The van der Waals surface area contributed by atoms with E-state index in [4.69, 9.17) is 16.3 Å². The molecule has 1 heterocycles. The number of hydrogen-bond acceptors (Lipinski definition) is 6. The number of benzene rings is 2. The normalized spacial score (nSPS) is 16.3. The minimum Gasteiger partial charge on any atom is -0.444 e. The number of carbonyl (C=O) groups is 3. The van der Waals surface area contributed by atoms with Gasteiger partial charge in [0.15, 0.2) is 8.96 Å². The molecule has 1 saturated carbocycles. The van der Waals surface area contributed by atoms with Crippen LogP contribution in [0.15, 0.2) is 48.5 Å². The van der Waals surface area contributed by atoms with Crippen LogP contribution in [0.25, 0.3) is 0 Å². The van der Waals surface area contributed by atoms with Gasteiger partial charge < -0.3 is 19.7 Å². The molecule has 0 unspecified atom stereocenters. The van der Waals surface area contributed by atoms with E-state index >= 15 is 0 Å². The maximum atomic E-state index is 13.4. The lowest BCUT2D eigenvalue weighted by Crippen LogP contribution is -2.47. The van der Waals surface area contributed by atoms with Crippen LogP contribution < -0.4 is 9.70 Å². The summed E-state index contributed by atoms with van der Waals surface area (Å²) in [6, 6.07) is 15.8. The Morgan fingerprint density at radius 2 is 1.86 bits per heavy atom. The summed E-state index contributed by atoms with van der Waals surface area (Å²) >= 11 is 7.07. The summed E-state index contributed by atoms with van der Waals surface area (Å²) in [6.07, 6.45) is 7.65. The van der Waals surface area contributed by atoms with Crippen LogP contribution in [-0.2, 0) is 33.9 Å². The van der Waals surface area contributed by atoms with Crippen molar-refractivity contribution in [2.75, 3.05) is 12.8 Å². The zero-order valence-electron chi connectivity index (χ0n) is 24.0. The van der Waals surface area contributed by atoms with Crippen molar-refractivity contribution >= 4 is 50.4 Å². The van der Waals surface area contributed by atoms with E-state index in [0.29, 0.717) is 36.5 Å². The van der Waals surface area contributed by atoms with Gasteiger partial charge in [-0.15, -0.1) is 0 Å². The molecule has 2 aromatic rings. The van der Waals surface area contributed by atoms with Crippen LogP contribution in [0, 0.1) is 5.92 Å². The highest BCUT2D eigenvalue weighted by Gasteiger charge is 2.29. The molecule has 3 amide bonds. The predicted molar refractivity (Wildman–Crippen MR) is 168 cm³/mol. The lowest BCUT2D eigenvalue weighted by molar-refractivity contribution is -0.131. The number of aliphatic hydroxyl groups excluding tert-OH is 1. The minimum absolute atomic E-state index is 0.0501. The van der Waals surface area contributed by atoms with Gasteiger partial charge in [0.2, 0.25) is 11.8 Å². The first-order valence-electron chi connectivity index (χ1n) is 14.8. The highest BCUT2D eigenvalue weighted by atomic mass is 35.5. The van der Waals surface area contributed by atoms with E-state index < -0.39 is 20.3 Å². The number of hydrogen-bond donors (Lipinski definition) is 3. The van der Waals surface area contributed by atoms with E-state index in [1.54, 1.807) is 18.2 Å². The molecule has 1 aliphatic heterocycles. The fraction of sp³-hybridized carbons (Fsp3) is 0.516. The van der Waals surface area contributed by atoms with Crippen LogP contribution in [0.3, 0.4) is 0 Å². The van der Waals surface area contributed by atoms with Crippen molar-refractivity contribution in [3.05, 3.63) is 70.2 Å². The monoisotopic (exact) mass is 630 g/mol. The average molecular weight is 631 g/mol. The molecule has 1 radical (unpaired) electrons. The van der Waals surface area contributed by atoms with Gasteiger partial charge in [0.25, 0.3) is 0 Å². The Balaban J connectivity index is 1.28. The third-order valence-electron chi connectivity index (χ3n) is 7.95. The third-order valence-corrected chi connectivity index (χ3v) is 11.0. The first-order valence-corrected chi connectivity index (χ1v) is 18.0. The molecule has 11 heteroatoms. The van der Waals surface area contributed by atoms with Crippen molar-refractivity contribution in [1.29, 1.82) is 0 Å². The minimum atomic E-state index is -1.72. The third kappa shape index (κ3) is 10.3. The molecular formula is C31H41ClN3O5SSi. The SMILES string of the molecule is O=C(NS[C@@H](CC1CCCCC1)C(=O)N[Si](CO)CCC(=O)N1CCCc2ccccc2C1)OCc1cccc(Cl)c1. The second-order valence-corrected chi connectivity index (χ2v) is 14.8. The van der Waals surface area contributed by atoms with Crippen LogP contribution in [0.4, 0.5) is 4.79 Å². The maximum Gasteiger partial charge on any atom is 0.417 e. The predicted octanol–water partition coefficient (Wildman–Crippen LogP) is 5.56. The number of amides is 3. The Labute approximate surface area is 259 Å². The van der Waals surface area contributed by atoms with E-state index in [9.17, 15) is 19.5 Å². The molecule has 42 heavy (non-hydrogen) atoms. The topological polar surface area (TPSA) is 108 Å². The number of halogens is 1. The van der Waals surface area contributed by atoms with Crippen LogP contribution >= 0.6 is 23.5 Å². The summed E-state index contributed by atoms with van der Waals surface area (Å²) in [5.41, 5.74) is 3.25. The largest absolute Gasteiger partial charge is 0.444 e. The molecule has 0 aromatic heterocycles. The van der Waals surface area contributed by atoms with E-state index in [1.165, 1.54) is 17.5 Å². The zero-order valence-corrected chi connectivity index (χ0v) is 26.6. The van der Waals surface area contributed by atoms with Gasteiger partial charge in [-0.3, -0.25) is 14.3 Å². The molecule has 0 saturated heterocycles. The van der Waals surface area contributed by atoms with Gasteiger partial charge in [0, 0.05) is 24.5 Å². The molecule has 227 valence electrons. The highest BCUT2D eigenvalue weighted by molar-refractivity contribution is 7.99. The molecule has 0 spiro atoms. The summed E-state index contributed by atoms with van der Waals surface area (Å²) < 4.78 is 8.01. The van der Waals surface area contributed by atoms with Crippen molar-refractivity contribution < 1.29 is 24.2 Å². The van der Waals surface area contributed by atoms with Crippen molar-refractivity contribution in [2.45, 2.75) is 82.2 Å². The molecule has 4 rings (SSSR count). The van der Waals surface area contributed by atoms with Gasteiger partial charge >= 0.3 is 6.09 Å². The molecule has 2 aliphatic rings. The van der Waals surface area contributed by atoms with Crippen LogP contribution in [0.2, 0.25) is 11.1 Å². The summed E-state index contributed by atoms with van der Waals surface area (Å²) in [7, 11) is -1.72. The lowest BCUT2D eigenvalue weighted by atomic mass is 9.86. The Kier molecular flexibility index (Phi) is 13.1. The number of rotatable bonds is 12. The maximum absolute atomic E-state index is 13.4. The standard InChI is InChI=1S/C31H41ClN3O5SSi/c32-27-14-6-10-24(18-27)21-40-31(39)33-41-28(19-23-8-2-1-3-9-23)30(38)34-42(22-36)17-15-29(37)35-16-7-13-25-11-4-5-12-26(25)20-35/h4-6,10-12,14,18,23,28,36H,1-3,7-9,13,15-17,19-22H2,(H,33,39)(H,34,38)/t28-/m0/s1. The summed E-state index contributed by atoms with van der Waals surface area (Å²) in [5.74, 6) is 0.248. The van der Waals surface area contributed by atoms with E-state index in [2.05, 4.69) is 21.8 Å². The Hall–Kier alpha value is -2.53. The molecule has 2 aromatic carbocycles. The lowest BCUT2D eigenvalue weighted by Gasteiger charge is -2.27. The summed E-state index contributed by atoms with van der Waals surface area (Å²) in [4.78, 5) is 43.9. The van der Waals surface area contributed by atoms with Crippen molar-refractivity contribution in [1.82, 2.24) is 14.6 Å². The van der Waals surface area contributed by atoms with Crippen molar-refractivity contribution in [2.24, 2.45) is 5.92 Å². The molecule has 1 atom stereocenters. The second kappa shape index (κ2) is 16.9. The van der Waals surface area contributed by atoms with E-state index in [1.807, 2.05) is 23.1 Å². The molecular weight excluding hydrogens is 590 g/mol. The van der Waals surface area contributed by atoms with Gasteiger partial charge in [0.1, 0.15) is 11.9 Å². The van der Waals surface area contributed by atoms with E-state index in [-0.39, 0.29) is 31.1 Å². The second-order valence-electron chi connectivity index (χ2n) is 11.1. The van der Waals surface area contributed by atoms with Crippen molar-refractivity contribution in [3.8, 4) is 0 Å². The van der Waals surface area contributed by atoms with Crippen molar-refractivity contribution in [3.63, 3.8) is 0 Å². The van der Waals surface area contributed by atoms with Gasteiger partial charge in [-0.25, -0.2) is 4.79 Å². The van der Waals surface area contributed by atoms with Crippen LogP contribution in [0.1, 0.15) is 68.1 Å². The number of aliphatic hydroxyl groups is 1. The average Bonchev–Trinajstić information content (AvgIpc) is 3.23. The van der Waals surface area contributed by atoms with Gasteiger partial charge in [0.05, 0.1) is 6.23 Å². The van der Waals surface area contributed by atoms with Gasteiger partial charge in [-0.05, 0) is 72.0 Å². The molecule has 8 nitrogen and oxygen atoms in total. The highest BCUT2D eigenvalue weighted by Crippen LogP contribution is 2.30. The number of nitrogens with one attached hydrogen (secondary N) is 2. The molecule has 3 N–H and O–H groups in total. The van der Waals surface area contributed by atoms with Crippen LogP contribution in [-0.4, -0.2) is 54.9 Å². The fourth-order valence-corrected chi connectivity index (χ4v) is 8.17. The molecule has 0 bridgehead atoms. The Morgan fingerprint density at radius 1 is 1.07 bits per heavy atom.